The van der Waals surface area contributed by atoms with Gasteiger partial charge in [0.05, 0.1) is 6.04 Å². The number of nitrogens with one attached hydrogen (secondary N) is 1. The molecule has 1 saturated heterocycles. The van der Waals surface area contributed by atoms with E-state index in [1.54, 1.807) is 23.1 Å². The largest absolute Gasteiger partial charge is 0.483 e. The summed E-state index contributed by atoms with van der Waals surface area (Å²) in [5.41, 5.74) is 1.92. The quantitative estimate of drug-likeness (QED) is 0.754. The number of benzene rings is 2. The lowest BCUT2D eigenvalue weighted by Crippen LogP contribution is -2.54. The van der Waals surface area contributed by atoms with Crippen LogP contribution in [0.25, 0.3) is 6.08 Å². The Morgan fingerprint density at radius 2 is 2.00 bits per heavy atom. The van der Waals surface area contributed by atoms with Gasteiger partial charge in [-0.2, -0.15) is 0 Å². The molecule has 0 bridgehead atoms. The molecule has 0 spiro atoms. The van der Waals surface area contributed by atoms with Gasteiger partial charge in [0, 0.05) is 24.5 Å². The van der Waals surface area contributed by atoms with Gasteiger partial charge in [-0.1, -0.05) is 54.1 Å². The topological polar surface area (TPSA) is 58.6 Å². The van der Waals surface area contributed by atoms with E-state index in [0.717, 1.165) is 24.0 Å². The molecular formula is C24H25ClN2O3. The molecule has 1 heterocycles. The van der Waals surface area contributed by atoms with Gasteiger partial charge in [0.2, 0.25) is 5.91 Å². The molecule has 1 aliphatic heterocycles. The number of hydrogen-bond donors (Lipinski definition) is 1. The van der Waals surface area contributed by atoms with Gasteiger partial charge in [0.15, 0.2) is 5.76 Å². The number of morpholine rings is 1. The fourth-order valence-corrected chi connectivity index (χ4v) is 4.41. The molecule has 6 heteroatoms. The molecule has 2 fully saturated rings. The Morgan fingerprint density at radius 1 is 1.20 bits per heavy atom. The van der Waals surface area contributed by atoms with Crippen molar-refractivity contribution in [3.8, 4) is 0 Å². The lowest BCUT2D eigenvalue weighted by Gasteiger charge is -2.40. The lowest BCUT2D eigenvalue weighted by atomic mass is 9.82. The molecule has 2 amide bonds. The summed E-state index contributed by atoms with van der Waals surface area (Å²) in [4.78, 5) is 27.3. The number of rotatable bonds is 4. The number of hydrogen-bond acceptors (Lipinski definition) is 3. The van der Waals surface area contributed by atoms with Crippen LogP contribution < -0.4 is 5.32 Å². The summed E-state index contributed by atoms with van der Waals surface area (Å²) < 4.78 is 6.01. The normalized spacial score (nSPS) is 24.5. The van der Waals surface area contributed by atoms with Gasteiger partial charge in [0.1, 0.15) is 6.10 Å². The molecule has 3 atom stereocenters. The summed E-state index contributed by atoms with van der Waals surface area (Å²) in [6.45, 7) is 0.583. The Morgan fingerprint density at radius 3 is 2.77 bits per heavy atom. The number of amides is 2. The SMILES string of the molecule is CN(Cc1ccccc1)C(=O)C1CCC2O/C(=C\c3cccc(Cl)c3)C(=O)NC2C1. The molecule has 156 valence electrons. The Hall–Kier alpha value is -2.79. The van der Waals surface area contributed by atoms with Gasteiger partial charge in [-0.05, 0) is 48.6 Å². The maximum Gasteiger partial charge on any atom is 0.286 e. The average Bonchev–Trinajstić information content (AvgIpc) is 2.74. The first kappa shape index (κ1) is 20.5. The fraction of sp³-hybridized carbons (Fsp3) is 0.333. The highest BCUT2D eigenvalue weighted by atomic mass is 35.5. The number of carbonyl (C=O) groups is 2. The fourth-order valence-electron chi connectivity index (χ4n) is 4.21. The smallest absolute Gasteiger partial charge is 0.286 e. The van der Waals surface area contributed by atoms with Gasteiger partial charge in [0.25, 0.3) is 5.91 Å². The van der Waals surface area contributed by atoms with Gasteiger partial charge < -0.3 is 15.0 Å². The van der Waals surface area contributed by atoms with Gasteiger partial charge in [-0.3, -0.25) is 9.59 Å². The minimum atomic E-state index is -0.248. The third-order valence-corrected chi connectivity index (χ3v) is 5.98. The van der Waals surface area contributed by atoms with Crippen LogP contribution in [-0.2, 0) is 20.9 Å². The van der Waals surface area contributed by atoms with Crippen molar-refractivity contribution in [3.63, 3.8) is 0 Å². The molecule has 2 aromatic carbocycles. The molecule has 1 N–H and O–H groups in total. The van der Waals surface area contributed by atoms with Crippen LogP contribution in [0, 0.1) is 5.92 Å². The van der Waals surface area contributed by atoms with E-state index in [1.165, 1.54) is 0 Å². The van der Waals surface area contributed by atoms with E-state index in [-0.39, 0.29) is 29.9 Å². The Balaban J connectivity index is 1.38. The van der Waals surface area contributed by atoms with Gasteiger partial charge in [-0.25, -0.2) is 0 Å². The van der Waals surface area contributed by atoms with Crippen LogP contribution in [0.2, 0.25) is 5.02 Å². The first-order valence-electron chi connectivity index (χ1n) is 10.2. The standard InChI is InChI=1S/C24H25ClN2O3/c1-27(15-16-6-3-2-4-7-16)24(29)18-10-11-21-20(14-18)26-23(28)22(30-21)13-17-8-5-9-19(25)12-17/h2-9,12-13,18,20-21H,10-11,14-15H2,1H3,(H,26,28)/b22-13-. The Labute approximate surface area is 181 Å². The highest BCUT2D eigenvalue weighted by Crippen LogP contribution is 2.32. The zero-order valence-electron chi connectivity index (χ0n) is 16.9. The molecule has 30 heavy (non-hydrogen) atoms. The van der Waals surface area contributed by atoms with Crippen LogP contribution in [0.5, 0.6) is 0 Å². The van der Waals surface area contributed by atoms with E-state index < -0.39 is 0 Å². The molecule has 0 aromatic heterocycles. The summed E-state index contributed by atoms with van der Waals surface area (Å²) >= 11 is 6.03. The second kappa shape index (κ2) is 8.92. The van der Waals surface area contributed by atoms with E-state index in [9.17, 15) is 9.59 Å². The minimum Gasteiger partial charge on any atom is -0.483 e. The summed E-state index contributed by atoms with van der Waals surface area (Å²) in [5, 5.41) is 3.65. The second-order valence-electron chi connectivity index (χ2n) is 7.99. The van der Waals surface area contributed by atoms with Crippen LogP contribution >= 0.6 is 11.6 Å². The van der Waals surface area contributed by atoms with Crippen molar-refractivity contribution in [1.82, 2.24) is 10.2 Å². The Bertz CT molecular complexity index is 960. The first-order chi connectivity index (χ1) is 14.5. The number of halogens is 1. The lowest BCUT2D eigenvalue weighted by molar-refractivity contribution is -0.140. The minimum absolute atomic E-state index is 0.109. The summed E-state index contributed by atoms with van der Waals surface area (Å²) in [5.74, 6) is 0.0561. The van der Waals surface area contributed by atoms with E-state index in [2.05, 4.69) is 5.32 Å². The molecule has 5 nitrogen and oxygen atoms in total. The third-order valence-electron chi connectivity index (χ3n) is 5.74. The number of ether oxygens (including phenoxy) is 1. The second-order valence-corrected chi connectivity index (χ2v) is 8.43. The maximum absolute atomic E-state index is 12.9. The van der Waals surface area contributed by atoms with Crippen LogP contribution in [0.4, 0.5) is 0 Å². The first-order valence-corrected chi connectivity index (χ1v) is 10.6. The van der Waals surface area contributed by atoms with Crippen LogP contribution in [-0.4, -0.2) is 35.9 Å². The van der Waals surface area contributed by atoms with E-state index >= 15 is 0 Å². The van der Waals surface area contributed by atoms with Crippen LogP contribution in [0.3, 0.4) is 0 Å². The zero-order chi connectivity index (χ0) is 21.1. The van der Waals surface area contributed by atoms with Gasteiger partial charge >= 0.3 is 0 Å². The summed E-state index contributed by atoms with van der Waals surface area (Å²) in [6, 6.07) is 17.1. The average molecular weight is 425 g/mol. The van der Waals surface area contributed by atoms with Crippen molar-refractivity contribution in [3.05, 3.63) is 76.5 Å². The molecular weight excluding hydrogens is 400 g/mol. The summed E-state index contributed by atoms with van der Waals surface area (Å²) in [7, 11) is 1.84. The van der Waals surface area contributed by atoms with E-state index in [0.29, 0.717) is 23.7 Å². The van der Waals surface area contributed by atoms with Crippen LogP contribution in [0.15, 0.2) is 60.4 Å². The maximum atomic E-state index is 12.9. The predicted octanol–water partition coefficient (Wildman–Crippen LogP) is 4.02. The molecule has 3 unspecified atom stereocenters. The van der Waals surface area contributed by atoms with Crippen molar-refractivity contribution in [2.45, 2.75) is 38.0 Å². The number of carbonyl (C=O) groups excluding carboxylic acids is 2. The predicted molar refractivity (Wildman–Crippen MR) is 116 cm³/mol. The zero-order valence-corrected chi connectivity index (χ0v) is 17.6. The number of fused-ring (bicyclic) bond motifs is 1. The van der Waals surface area contributed by atoms with Crippen molar-refractivity contribution < 1.29 is 14.3 Å². The molecule has 2 aliphatic rings. The molecule has 0 radical (unpaired) electrons. The van der Waals surface area contributed by atoms with Crippen LogP contribution in [0.1, 0.15) is 30.4 Å². The molecule has 2 aromatic rings. The van der Waals surface area contributed by atoms with Crippen molar-refractivity contribution in [1.29, 1.82) is 0 Å². The third kappa shape index (κ3) is 4.68. The van der Waals surface area contributed by atoms with E-state index in [4.69, 9.17) is 16.3 Å². The van der Waals surface area contributed by atoms with E-state index in [1.807, 2.05) is 49.5 Å². The Kier molecular flexibility index (Phi) is 6.09. The molecule has 4 rings (SSSR count). The summed E-state index contributed by atoms with van der Waals surface area (Å²) in [6.07, 6.45) is 3.67. The van der Waals surface area contributed by atoms with Crippen molar-refractivity contribution in [2.75, 3.05) is 7.05 Å². The monoisotopic (exact) mass is 424 g/mol. The van der Waals surface area contributed by atoms with Gasteiger partial charge in [-0.15, -0.1) is 0 Å². The molecule has 1 saturated carbocycles. The van der Waals surface area contributed by atoms with Crippen molar-refractivity contribution in [2.24, 2.45) is 5.92 Å². The molecule has 1 aliphatic carbocycles. The number of nitrogens with zero attached hydrogens (tertiary/aromatic N) is 1. The highest BCUT2D eigenvalue weighted by molar-refractivity contribution is 6.30. The highest BCUT2D eigenvalue weighted by Gasteiger charge is 2.41. The van der Waals surface area contributed by atoms with Crippen molar-refractivity contribution >= 4 is 29.5 Å².